The van der Waals surface area contributed by atoms with Gasteiger partial charge in [-0.15, -0.1) is 0 Å². The third-order valence-corrected chi connectivity index (χ3v) is 3.76. The van der Waals surface area contributed by atoms with Crippen molar-refractivity contribution in [3.05, 3.63) is 63.9 Å². The van der Waals surface area contributed by atoms with Crippen LogP contribution in [0.15, 0.2) is 57.5 Å². The number of hydrogen-bond donors (Lipinski definition) is 0. The summed E-state index contributed by atoms with van der Waals surface area (Å²) in [6, 6.07) is 14.9. The van der Waals surface area contributed by atoms with Gasteiger partial charge in [-0.2, -0.15) is 4.98 Å². The second kappa shape index (κ2) is 6.28. The molecule has 0 amide bonds. The van der Waals surface area contributed by atoms with Gasteiger partial charge in [-0.25, -0.2) is 0 Å². The molecule has 3 aromatic rings. The Labute approximate surface area is 134 Å². The monoisotopic (exact) mass is 364 g/mol. The molecule has 0 radical (unpaired) electrons. The van der Waals surface area contributed by atoms with Gasteiger partial charge in [0.15, 0.2) is 6.61 Å². The zero-order chi connectivity index (χ0) is 14.7. The van der Waals surface area contributed by atoms with Crippen molar-refractivity contribution in [1.82, 2.24) is 10.1 Å². The smallest absolute Gasteiger partial charge is 0.264 e. The summed E-state index contributed by atoms with van der Waals surface area (Å²) in [5, 5.41) is 4.50. The van der Waals surface area contributed by atoms with E-state index in [-0.39, 0.29) is 6.61 Å². The summed E-state index contributed by atoms with van der Waals surface area (Å²) in [5.41, 5.74) is 0.732. The van der Waals surface area contributed by atoms with Gasteiger partial charge in [0, 0.05) is 5.56 Å². The van der Waals surface area contributed by atoms with E-state index in [4.69, 9.17) is 20.9 Å². The van der Waals surface area contributed by atoms with Crippen LogP contribution in [0.3, 0.4) is 0 Å². The maximum atomic E-state index is 6.10. The highest BCUT2D eigenvalue weighted by molar-refractivity contribution is 9.10. The fraction of sp³-hybridized carbons (Fsp3) is 0.0667. The zero-order valence-electron chi connectivity index (χ0n) is 10.8. The molecule has 0 saturated heterocycles. The van der Waals surface area contributed by atoms with Crippen molar-refractivity contribution in [2.75, 3.05) is 0 Å². The van der Waals surface area contributed by atoms with E-state index in [1.54, 1.807) is 6.07 Å². The number of hydrogen-bond acceptors (Lipinski definition) is 4. The maximum absolute atomic E-state index is 6.10. The summed E-state index contributed by atoms with van der Waals surface area (Å²) in [6.45, 7) is 0.195. The lowest BCUT2D eigenvalue weighted by atomic mass is 10.2. The molecule has 0 atom stereocenters. The first kappa shape index (κ1) is 14.1. The van der Waals surface area contributed by atoms with E-state index >= 15 is 0 Å². The molecule has 0 bridgehead atoms. The van der Waals surface area contributed by atoms with E-state index in [1.807, 2.05) is 42.5 Å². The molecule has 21 heavy (non-hydrogen) atoms. The molecule has 0 aliphatic rings. The second-order valence-corrected chi connectivity index (χ2v) is 5.47. The summed E-state index contributed by atoms with van der Waals surface area (Å²) < 4.78 is 11.7. The Morgan fingerprint density at radius 2 is 1.86 bits per heavy atom. The number of aromatic nitrogens is 2. The molecule has 4 nitrogen and oxygen atoms in total. The second-order valence-electron chi connectivity index (χ2n) is 4.21. The zero-order valence-corrected chi connectivity index (χ0v) is 13.1. The van der Waals surface area contributed by atoms with Crippen LogP contribution in [-0.4, -0.2) is 10.1 Å². The predicted octanol–water partition coefficient (Wildman–Crippen LogP) is 4.73. The molecule has 6 heteroatoms. The number of benzene rings is 2. The largest absolute Gasteiger partial charge is 0.483 e. The van der Waals surface area contributed by atoms with E-state index in [2.05, 4.69) is 26.1 Å². The Hall–Kier alpha value is -1.85. The number of ether oxygens (including phenoxy) is 1. The third kappa shape index (κ3) is 3.25. The summed E-state index contributed by atoms with van der Waals surface area (Å²) in [7, 11) is 0. The summed E-state index contributed by atoms with van der Waals surface area (Å²) in [6.07, 6.45) is 0. The SMILES string of the molecule is Clc1ccccc1-c1noc(COc2ccccc2Br)n1. The summed E-state index contributed by atoms with van der Waals surface area (Å²) >= 11 is 9.51. The lowest BCUT2D eigenvalue weighted by Crippen LogP contribution is -1.96. The minimum atomic E-state index is 0.195. The highest BCUT2D eigenvalue weighted by Gasteiger charge is 2.12. The van der Waals surface area contributed by atoms with Crippen LogP contribution in [0.1, 0.15) is 5.89 Å². The first-order chi connectivity index (χ1) is 10.2. The van der Waals surface area contributed by atoms with Gasteiger partial charge in [0.1, 0.15) is 5.75 Å². The van der Waals surface area contributed by atoms with Crippen molar-refractivity contribution in [2.45, 2.75) is 6.61 Å². The van der Waals surface area contributed by atoms with Gasteiger partial charge in [0.05, 0.1) is 9.50 Å². The number of halogens is 2. The standard InChI is InChI=1S/C15H10BrClN2O2/c16-11-6-2-4-8-13(11)20-9-14-18-15(19-21-14)10-5-1-3-7-12(10)17/h1-8H,9H2. The molecule has 0 aliphatic carbocycles. The van der Waals surface area contributed by atoms with Gasteiger partial charge in [-0.1, -0.05) is 41.0 Å². The van der Waals surface area contributed by atoms with Crippen molar-refractivity contribution in [3.8, 4) is 17.1 Å². The van der Waals surface area contributed by atoms with Crippen LogP contribution >= 0.6 is 27.5 Å². The number of nitrogens with zero attached hydrogens (tertiary/aromatic N) is 2. The van der Waals surface area contributed by atoms with E-state index in [1.165, 1.54) is 0 Å². The van der Waals surface area contributed by atoms with Crippen LogP contribution in [0.5, 0.6) is 5.75 Å². The predicted molar refractivity (Wildman–Crippen MR) is 83.2 cm³/mol. The Morgan fingerprint density at radius 1 is 1.10 bits per heavy atom. The minimum absolute atomic E-state index is 0.195. The highest BCUT2D eigenvalue weighted by Crippen LogP contribution is 2.26. The van der Waals surface area contributed by atoms with Gasteiger partial charge in [-0.3, -0.25) is 0 Å². The van der Waals surface area contributed by atoms with Gasteiger partial charge < -0.3 is 9.26 Å². The molecular formula is C15H10BrClN2O2. The lowest BCUT2D eigenvalue weighted by Gasteiger charge is -2.04. The molecular weight excluding hydrogens is 356 g/mol. The maximum Gasteiger partial charge on any atom is 0.264 e. The van der Waals surface area contributed by atoms with Crippen molar-refractivity contribution >= 4 is 27.5 Å². The fourth-order valence-electron chi connectivity index (χ4n) is 1.77. The molecule has 1 aromatic heterocycles. The first-order valence-electron chi connectivity index (χ1n) is 6.19. The normalized spacial score (nSPS) is 10.6. The Kier molecular flexibility index (Phi) is 4.22. The third-order valence-electron chi connectivity index (χ3n) is 2.77. The molecule has 0 N–H and O–H groups in total. The number of para-hydroxylation sites is 1. The lowest BCUT2D eigenvalue weighted by molar-refractivity contribution is 0.242. The Morgan fingerprint density at radius 3 is 2.67 bits per heavy atom. The molecule has 0 aliphatic heterocycles. The fourth-order valence-corrected chi connectivity index (χ4v) is 2.39. The van der Waals surface area contributed by atoms with Crippen molar-refractivity contribution in [2.24, 2.45) is 0 Å². The minimum Gasteiger partial charge on any atom is -0.483 e. The molecule has 1 heterocycles. The molecule has 2 aromatic carbocycles. The summed E-state index contributed by atoms with van der Waals surface area (Å²) in [5.74, 6) is 1.56. The van der Waals surface area contributed by atoms with Crippen molar-refractivity contribution in [3.63, 3.8) is 0 Å². The molecule has 0 fully saturated rings. The van der Waals surface area contributed by atoms with Crippen LogP contribution in [-0.2, 0) is 6.61 Å². The van der Waals surface area contributed by atoms with Gasteiger partial charge in [0.25, 0.3) is 5.89 Å². The quantitative estimate of drug-likeness (QED) is 0.670. The van der Waals surface area contributed by atoms with Crippen molar-refractivity contribution in [1.29, 1.82) is 0 Å². The number of rotatable bonds is 4. The Bertz CT molecular complexity index is 761. The van der Waals surface area contributed by atoms with E-state index < -0.39 is 0 Å². The topological polar surface area (TPSA) is 48.2 Å². The van der Waals surface area contributed by atoms with E-state index in [0.717, 1.165) is 15.8 Å². The van der Waals surface area contributed by atoms with Gasteiger partial charge in [0.2, 0.25) is 5.82 Å². The van der Waals surface area contributed by atoms with Crippen LogP contribution in [0.4, 0.5) is 0 Å². The van der Waals surface area contributed by atoms with Gasteiger partial charge in [-0.05, 0) is 40.2 Å². The van der Waals surface area contributed by atoms with E-state index in [0.29, 0.717) is 16.7 Å². The van der Waals surface area contributed by atoms with Crippen LogP contribution in [0, 0.1) is 0 Å². The molecule has 106 valence electrons. The molecule has 0 spiro atoms. The first-order valence-corrected chi connectivity index (χ1v) is 7.36. The molecule has 3 rings (SSSR count). The average Bonchev–Trinajstić information content (AvgIpc) is 2.96. The average molecular weight is 366 g/mol. The van der Waals surface area contributed by atoms with Crippen LogP contribution in [0.2, 0.25) is 5.02 Å². The molecule has 0 unspecified atom stereocenters. The van der Waals surface area contributed by atoms with E-state index in [9.17, 15) is 0 Å². The van der Waals surface area contributed by atoms with Gasteiger partial charge >= 0.3 is 0 Å². The van der Waals surface area contributed by atoms with Crippen LogP contribution < -0.4 is 4.74 Å². The van der Waals surface area contributed by atoms with Crippen LogP contribution in [0.25, 0.3) is 11.4 Å². The Balaban J connectivity index is 1.74. The molecule has 0 saturated carbocycles. The highest BCUT2D eigenvalue weighted by atomic mass is 79.9. The van der Waals surface area contributed by atoms with Crippen molar-refractivity contribution < 1.29 is 9.26 Å². The summed E-state index contributed by atoms with van der Waals surface area (Å²) in [4.78, 5) is 4.28.